The molecule has 0 spiro atoms. The van der Waals surface area contributed by atoms with Crippen LogP contribution in [0, 0.1) is 0 Å². The number of anilines is 1. The second kappa shape index (κ2) is 14.1. The summed E-state index contributed by atoms with van der Waals surface area (Å²) in [5.74, 6) is 0.508. The highest BCUT2D eigenvalue weighted by atomic mass is 19.3. The fourth-order valence-electron chi connectivity index (χ4n) is 5.74. The Hall–Kier alpha value is -3.45. The number of amides is 1. The van der Waals surface area contributed by atoms with E-state index >= 15 is 0 Å². The van der Waals surface area contributed by atoms with Gasteiger partial charge >= 0.3 is 0 Å². The number of hydrogen-bond acceptors (Lipinski definition) is 8. The zero-order chi connectivity index (χ0) is 29.5. The first-order valence-electron chi connectivity index (χ1n) is 14.7. The highest BCUT2D eigenvalue weighted by molar-refractivity contribution is 5.78. The number of benzene rings is 1. The van der Waals surface area contributed by atoms with Crippen LogP contribution in [0.25, 0.3) is 16.9 Å². The maximum Gasteiger partial charge on any atom is 0.296 e. The summed E-state index contributed by atoms with van der Waals surface area (Å²) < 4.78 is 53.1. The molecule has 2 saturated heterocycles. The predicted molar refractivity (Wildman–Crippen MR) is 154 cm³/mol. The van der Waals surface area contributed by atoms with E-state index in [0.29, 0.717) is 55.0 Å². The lowest BCUT2D eigenvalue weighted by Crippen LogP contribution is -2.38. The molecule has 1 amide bonds. The summed E-state index contributed by atoms with van der Waals surface area (Å²) in [6.45, 7) is 3.06. The number of carbonyl (C=O) groups excluding carboxylic acids is 1. The SMILES string of the molecule is FC(F)c1nc2ccccc2n1-c1cc(OC2CCCCC2)nc(N2CCOCC2)n1.NC(=O)CN1CCC[C@H]1CF.[HH]. The number of alkyl halides is 3. The number of rotatable bonds is 8. The first-order valence-corrected chi connectivity index (χ1v) is 14.7. The van der Waals surface area contributed by atoms with Crippen LogP contribution >= 0.6 is 0 Å². The fraction of sp³-hybridized carbons (Fsp3) is 0.586. The molecule has 2 aliphatic heterocycles. The number of nitrogens with zero attached hydrogens (tertiary/aromatic N) is 6. The van der Waals surface area contributed by atoms with Crippen LogP contribution < -0.4 is 15.4 Å². The monoisotopic (exact) mass is 591 g/mol. The summed E-state index contributed by atoms with van der Waals surface area (Å²) in [4.78, 5) is 27.7. The Bertz CT molecular complexity index is 1340. The molecule has 4 heterocycles. The van der Waals surface area contributed by atoms with E-state index in [2.05, 4.69) is 15.0 Å². The number of primary amides is 1. The van der Waals surface area contributed by atoms with Gasteiger partial charge in [0.1, 0.15) is 18.6 Å². The van der Waals surface area contributed by atoms with Gasteiger partial charge in [-0.25, -0.2) is 18.2 Å². The molecule has 6 rings (SSSR count). The molecular weight excluding hydrogens is 551 g/mol. The van der Waals surface area contributed by atoms with Crippen molar-refractivity contribution in [2.24, 2.45) is 5.73 Å². The summed E-state index contributed by atoms with van der Waals surface area (Å²) in [7, 11) is 0. The molecular formula is C29H40F3N7O3. The molecule has 3 aromatic rings. The van der Waals surface area contributed by atoms with E-state index in [-0.39, 0.29) is 38.5 Å². The number of likely N-dealkylation sites (tertiary alicyclic amines) is 1. The fourth-order valence-corrected chi connectivity index (χ4v) is 5.74. The minimum Gasteiger partial charge on any atom is -0.474 e. The topological polar surface area (TPSA) is 112 Å². The summed E-state index contributed by atoms with van der Waals surface area (Å²) in [6, 6.07) is 8.67. The lowest BCUT2D eigenvalue weighted by molar-refractivity contribution is -0.119. The third kappa shape index (κ3) is 7.30. The van der Waals surface area contributed by atoms with Gasteiger partial charge in [-0.15, -0.1) is 0 Å². The Morgan fingerprint density at radius 2 is 1.81 bits per heavy atom. The molecule has 230 valence electrons. The zero-order valence-corrected chi connectivity index (χ0v) is 23.6. The van der Waals surface area contributed by atoms with Crippen LogP contribution in [0.15, 0.2) is 30.3 Å². The summed E-state index contributed by atoms with van der Waals surface area (Å²) in [5.41, 5.74) is 6.06. The number of hydrogen-bond donors (Lipinski definition) is 1. The Kier molecular flexibility index (Phi) is 10.1. The quantitative estimate of drug-likeness (QED) is 0.409. The molecule has 13 heteroatoms. The van der Waals surface area contributed by atoms with Crippen molar-refractivity contribution < 1.29 is 28.9 Å². The Morgan fingerprint density at radius 3 is 2.52 bits per heavy atom. The van der Waals surface area contributed by atoms with E-state index in [1.807, 2.05) is 9.80 Å². The normalized spacial score (nSPS) is 20.1. The van der Waals surface area contributed by atoms with Gasteiger partial charge in [-0.2, -0.15) is 9.97 Å². The van der Waals surface area contributed by atoms with Crippen molar-refractivity contribution in [2.75, 3.05) is 51.0 Å². The lowest BCUT2D eigenvalue weighted by atomic mass is 9.98. The van der Waals surface area contributed by atoms with Crippen molar-refractivity contribution in [2.45, 2.75) is 63.5 Å². The molecule has 1 atom stereocenters. The average molecular weight is 592 g/mol. The molecule has 1 aliphatic carbocycles. The van der Waals surface area contributed by atoms with Gasteiger partial charge in [0.25, 0.3) is 6.43 Å². The number of para-hydroxylation sites is 2. The summed E-state index contributed by atoms with van der Waals surface area (Å²) in [6.07, 6.45) is 4.59. The number of fused-ring (bicyclic) bond motifs is 1. The Labute approximate surface area is 244 Å². The van der Waals surface area contributed by atoms with Crippen LogP contribution in [0.1, 0.15) is 58.6 Å². The van der Waals surface area contributed by atoms with Crippen molar-refractivity contribution in [3.05, 3.63) is 36.2 Å². The van der Waals surface area contributed by atoms with E-state index in [4.69, 9.17) is 15.2 Å². The minimum absolute atomic E-state index is 0. The number of carbonyl (C=O) groups is 1. The molecule has 2 N–H and O–H groups in total. The highest BCUT2D eigenvalue weighted by Crippen LogP contribution is 2.30. The van der Waals surface area contributed by atoms with Crippen molar-refractivity contribution in [3.63, 3.8) is 0 Å². The minimum atomic E-state index is -2.74. The van der Waals surface area contributed by atoms with E-state index in [0.717, 1.165) is 45.1 Å². The van der Waals surface area contributed by atoms with Gasteiger partial charge in [0.05, 0.1) is 30.8 Å². The van der Waals surface area contributed by atoms with Crippen LogP contribution in [0.4, 0.5) is 19.1 Å². The van der Waals surface area contributed by atoms with Crippen molar-refractivity contribution >= 4 is 22.9 Å². The second-order valence-corrected chi connectivity index (χ2v) is 10.8. The number of halogens is 3. The smallest absolute Gasteiger partial charge is 0.296 e. The summed E-state index contributed by atoms with van der Waals surface area (Å²) >= 11 is 0. The van der Waals surface area contributed by atoms with E-state index in [9.17, 15) is 18.0 Å². The molecule has 3 aliphatic rings. The third-order valence-corrected chi connectivity index (χ3v) is 7.86. The molecule has 2 aromatic heterocycles. The Balaban J connectivity index is 0.000000300. The average Bonchev–Trinajstić information content (AvgIpc) is 3.62. The van der Waals surface area contributed by atoms with Gasteiger partial charge in [-0.1, -0.05) is 18.6 Å². The molecule has 1 saturated carbocycles. The van der Waals surface area contributed by atoms with Gasteiger partial charge in [-0.3, -0.25) is 14.3 Å². The van der Waals surface area contributed by atoms with Crippen LogP contribution in [-0.4, -0.2) is 88.5 Å². The molecule has 0 bridgehead atoms. The molecule has 0 unspecified atom stereocenters. The van der Waals surface area contributed by atoms with Gasteiger partial charge in [0.2, 0.25) is 17.7 Å². The summed E-state index contributed by atoms with van der Waals surface area (Å²) in [5, 5.41) is 0. The number of morpholine rings is 1. The van der Waals surface area contributed by atoms with E-state index in [1.54, 1.807) is 30.3 Å². The van der Waals surface area contributed by atoms with Gasteiger partial charge in [0, 0.05) is 26.6 Å². The van der Waals surface area contributed by atoms with Crippen molar-refractivity contribution in [1.29, 1.82) is 0 Å². The molecule has 0 radical (unpaired) electrons. The van der Waals surface area contributed by atoms with Crippen molar-refractivity contribution in [1.82, 2.24) is 24.4 Å². The van der Waals surface area contributed by atoms with Crippen LogP contribution in [-0.2, 0) is 9.53 Å². The number of nitrogens with two attached hydrogens (primary N) is 1. The van der Waals surface area contributed by atoms with E-state index < -0.39 is 6.43 Å². The highest BCUT2D eigenvalue weighted by Gasteiger charge is 2.26. The predicted octanol–water partition coefficient (Wildman–Crippen LogP) is 4.45. The number of ether oxygens (including phenoxy) is 2. The number of aromatic nitrogens is 4. The van der Waals surface area contributed by atoms with Crippen LogP contribution in [0.3, 0.4) is 0 Å². The van der Waals surface area contributed by atoms with Gasteiger partial charge < -0.3 is 20.1 Å². The molecule has 42 heavy (non-hydrogen) atoms. The number of imidazole rings is 1. The largest absolute Gasteiger partial charge is 0.474 e. The molecule has 1 aromatic carbocycles. The first kappa shape index (κ1) is 30.0. The molecule has 3 fully saturated rings. The molecule has 10 nitrogen and oxygen atoms in total. The maximum atomic E-state index is 13.9. The second-order valence-electron chi connectivity index (χ2n) is 10.8. The van der Waals surface area contributed by atoms with Crippen LogP contribution in [0.5, 0.6) is 5.88 Å². The van der Waals surface area contributed by atoms with Crippen LogP contribution in [0.2, 0.25) is 0 Å². The Morgan fingerprint density at radius 1 is 1.05 bits per heavy atom. The first-order chi connectivity index (χ1) is 20.4. The standard InChI is InChI=1S/C22H25F2N5O2.C7H13FN2O.H2/c23-20(24)21-25-16-8-4-5-9-17(16)29(21)18-14-19(31-15-6-2-1-3-7-15)27-22(26-18)28-10-12-30-13-11-28;8-4-6-2-1-3-10(6)5-7(9)11;/h4-5,8-9,14-15,20H,1-3,6-7,10-13H2;6H,1-5H2,(H2,9,11);1H/t;6-;/m.0./s1. The third-order valence-electron chi connectivity index (χ3n) is 7.86. The maximum absolute atomic E-state index is 13.9. The van der Waals surface area contributed by atoms with E-state index in [1.165, 1.54) is 11.0 Å². The zero-order valence-electron chi connectivity index (χ0n) is 23.6. The van der Waals surface area contributed by atoms with Gasteiger partial charge in [-0.05, 0) is 57.2 Å². The van der Waals surface area contributed by atoms with Gasteiger partial charge in [0.15, 0.2) is 5.82 Å². The van der Waals surface area contributed by atoms with Crippen molar-refractivity contribution in [3.8, 4) is 11.7 Å². The lowest BCUT2D eigenvalue weighted by Gasteiger charge is -2.28.